The molecule has 0 radical (unpaired) electrons. The van der Waals surface area contributed by atoms with Gasteiger partial charge in [0.15, 0.2) is 0 Å². The van der Waals surface area contributed by atoms with E-state index in [1.165, 1.54) is 5.56 Å². The Balaban J connectivity index is 1.27. The fraction of sp³-hybridized carbons (Fsp3) is 0.471. The summed E-state index contributed by atoms with van der Waals surface area (Å²) in [6, 6.07) is 10.8. The summed E-state index contributed by atoms with van der Waals surface area (Å²) >= 11 is 0. The van der Waals surface area contributed by atoms with Crippen molar-refractivity contribution in [2.45, 2.75) is 31.4 Å². The molecule has 0 N–H and O–H groups in total. The van der Waals surface area contributed by atoms with Crippen LogP contribution in [0.5, 0.6) is 0 Å². The first-order valence-corrected chi connectivity index (χ1v) is 8.23. The lowest BCUT2D eigenvalue weighted by Crippen LogP contribution is -2.39. The molecule has 1 saturated heterocycles. The maximum atomic E-state index is 5.64. The van der Waals surface area contributed by atoms with Crippen LogP contribution in [0, 0.1) is 0 Å². The zero-order chi connectivity index (χ0) is 15.5. The Bertz CT molecular complexity index is 647. The maximum Gasteiger partial charge on any atom is 0.145 e. The summed E-state index contributed by atoms with van der Waals surface area (Å²) in [6.45, 7) is 3.13. The van der Waals surface area contributed by atoms with Gasteiger partial charge in [-0.1, -0.05) is 35.5 Å². The molecule has 0 bridgehead atoms. The molecule has 0 unspecified atom stereocenters. The molecule has 6 nitrogen and oxygen atoms in total. The van der Waals surface area contributed by atoms with Crippen LogP contribution < -0.4 is 0 Å². The molecule has 23 heavy (non-hydrogen) atoms. The maximum absolute atomic E-state index is 5.64. The van der Waals surface area contributed by atoms with Gasteiger partial charge in [0.05, 0.1) is 5.71 Å². The number of benzene rings is 1. The van der Waals surface area contributed by atoms with E-state index in [0.717, 1.165) is 44.6 Å². The van der Waals surface area contributed by atoms with Crippen LogP contribution in [0.3, 0.4) is 0 Å². The molecule has 1 atom stereocenters. The first kappa shape index (κ1) is 14.4. The second-order valence-corrected chi connectivity index (χ2v) is 6.28. The molecule has 120 valence electrons. The predicted molar refractivity (Wildman–Crippen MR) is 87.2 cm³/mol. The first-order chi connectivity index (χ1) is 11.4. The van der Waals surface area contributed by atoms with Crippen molar-refractivity contribution in [2.24, 2.45) is 5.16 Å². The van der Waals surface area contributed by atoms with Gasteiger partial charge in [0.2, 0.25) is 0 Å². The Hall–Kier alpha value is -2.21. The quantitative estimate of drug-likeness (QED) is 0.868. The smallest absolute Gasteiger partial charge is 0.145 e. The Kier molecular flexibility index (Phi) is 4.06. The van der Waals surface area contributed by atoms with Crippen molar-refractivity contribution >= 4 is 5.71 Å². The molecule has 3 heterocycles. The van der Waals surface area contributed by atoms with E-state index in [0.29, 0.717) is 6.04 Å². The van der Waals surface area contributed by atoms with Gasteiger partial charge < -0.3 is 9.40 Å². The van der Waals surface area contributed by atoms with Crippen LogP contribution in [0.25, 0.3) is 0 Å². The zero-order valence-corrected chi connectivity index (χ0v) is 13.1. The molecule has 0 saturated carbocycles. The van der Waals surface area contributed by atoms with Crippen molar-refractivity contribution in [3.8, 4) is 0 Å². The molecule has 4 rings (SSSR count). The Labute approximate surface area is 135 Å². The van der Waals surface area contributed by atoms with Crippen LogP contribution >= 0.6 is 0 Å². The number of hydrogen-bond donors (Lipinski definition) is 0. The topological polar surface area (TPSA) is 55.5 Å². The molecule has 0 amide bonds. The van der Waals surface area contributed by atoms with Crippen molar-refractivity contribution in [3.05, 3.63) is 48.5 Å². The molecule has 2 aliphatic rings. The highest BCUT2D eigenvalue weighted by molar-refractivity contribution is 6.01. The molecular formula is C17H21N5O. The van der Waals surface area contributed by atoms with Crippen LogP contribution in [-0.2, 0) is 4.84 Å². The van der Waals surface area contributed by atoms with Crippen molar-refractivity contribution in [1.82, 2.24) is 19.7 Å². The minimum absolute atomic E-state index is 0.177. The third-order valence-electron chi connectivity index (χ3n) is 4.72. The second kappa shape index (κ2) is 6.50. The average Bonchev–Trinajstić information content (AvgIpc) is 3.28. The van der Waals surface area contributed by atoms with Crippen LogP contribution in [-0.4, -0.2) is 51.1 Å². The number of rotatable bonds is 4. The van der Waals surface area contributed by atoms with Crippen LogP contribution in [0.2, 0.25) is 0 Å². The Morgan fingerprint density at radius 3 is 2.52 bits per heavy atom. The van der Waals surface area contributed by atoms with E-state index in [4.69, 9.17) is 4.84 Å². The van der Waals surface area contributed by atoms with Crippen molar-refractivity contribution < 1.29 is 4.84 Å². The molecule has 1 fully saturated rings. The zero-order valence-electron chi connectivity index (χ0n) is 13.1. The second-order valence-electron chi connectivity index (χ2n) is 6.28. The summed E-state index contributed by atoms with van der Waals surface area (Å²) in [5, 5.41) is 12.1. The Morgan fingerprint density at radius 2 is 1.78 bits per heavy atom. The van der Waals surface area contributed by atoms with E-state index in [2.05, 4.69) is 37.0 Å². The summed E-state index contributed by atoms with van der Waals surface area (Å²) in [4.78, 5) is 8.12. The van der Waals surface area contributed by atoms with E-state index >= 15 is 0 Å². The van der Waals surface area contributed by atoms with Gasteiger partial charge >= 0.3 is 0 Å². The molecule has 2 aromatic rings. The van der Waals surface area contributed by atoms with Gasteiger partial charge in [-0.05, 0) is 18.4 Å². The Morgan fingerprint density at radius 1 is 1.04 bits per heavy atom. The van der Waals surface area contributed by atoms with Gasteiger partial charge in [-0.25, -0.2) is 0 Å². The first-order valence-electron chi connectivity index (χ1n) is 8.23. The molecule has 6 heteroatoms. The minimum atomic E-state index is 0.177. The highest BCUT2D eigenvalue weighted by Gasteiger charge is 2.27. The normalized spacial score (nSPS) is 22.8. The van der Waals surface area contributed by atoms with E-state index in [1.54, 1.807) is 0 Å². The monoisotopic (exact) mass is 311 g/mol. The van der Waals surface area contributed by atoms with Crippen molar-refractivity contribution in [3.63, 3.8) is 0 Å². The van der Waals surface area contributed by atoms with Crippen LogP contribution in [0.4, 0.5) is 0 Å². The lowest BCUT2D eigenvalue weighted by atomic mass is 10.0. The summed E-state index contributed by atoms with van der Waals surface area (Å²) in [5.74, 6) is 0. The van der Waals surface area contributed by atoms with Gasteiger partial charge in [0, 0.05) is 32.1 Å². The van der Waals surface area contributed by atoms with Crippen LogP contribution in [0.1, 0.15) is 30.9 Å². The van der Waals surface area contributed by atoms with Gasteiger partial charge in [-0.15, -0.1) is 10.2 Å². The van der Waals surface area contributed by atoms with Crippen LogP contribution in [0.15, 0.2) is 48.1 Å². The highest BCUT2D eigenvalue weighted by atomic mass is 16.6. The van der Waals surface area contributed by atoms with Crippen molar-refractivity contribution in [2.75, 3.05) is 19.6 Å². The lowest BCUT2D eigenvalue weighted by molar-refractivity contribution is 0.0426. The fourth-order valence-corrected chi connectivity index (χ4v) is 3.41. The van der Waals surface area contributed by atoms with Gasteiger partial charge in [-0.3, -0.25) is 4.90 Å². The number of likely N-dealkylation sites (tertiary alicyclic amines) is 1. The highest BCUT2D eigenvalue weighted by Crippen LogP contribution is 2.24. The summed E-state index contributed by atoms with van der Waals surface area (Å²) in [7, 11) is 0. The molecule has 2 aliphatic heterocycles. The SMILES string of the molecule is c1ccc(C2=NO[C@H](CN3CCC(n4cnnc4)CC3)C2)cc1. The third-order valence-corrected chi connectivity index (χ3v) is 4.72. The number of nitrogens with zero attached hydrogens (tertiary/aromatic N) is 5. The largest absolute Gasteiger partial charge is 0.390 e. The molecule has 0 spiro atoms. The molecule has 0 aliphatic carbocycles. The van der Waals surface area contributed by atoms with Gasteiger partial charge in [0.25, 0.3) is 0 Å². The molecular weight excluding hydrogens is 290 g/mol. The van der Waals surface area contributed by atoms with E-state index < -0.39 is 0 Å². The standard InChI is InChI=1S/C17H21N5O/c1-2-4-14(5-3-1)17-10-16(23-20-17)11-21-8-6-15(7-9-21)22-12-18-19-13-22/h1-5,12-13,15-16H,6-11H2/t16-/m0/s1. The third kappa shape index (κ3) is 3.27. The van der Waals surface area contributed by atoms with Crippen molar-refractivity contribution in [1.29, 1.82) is 0 Å². The fourth-order valence-electron chi connectivity index (χ4n) is 3.41. The number of hydrogen-bond acceptors (Lipinski definition) is 5. The van der Waals surface area contributed by atoms with Gasteiger partial charge in [0.1, 0.15) is 18.8 Å². The lowest BCUT2D eigenvalue weighted by Gasteiger charge is -2.33. The predicted octanol–water partition coefficient (Wildman–Crippen LogP) is 2.11. The minimum Gasteiger partial charge on any atom is -0.390 e. The van der Waals surface area contributed by atoms with Gasteiger partial charge in [-0.2, -0.15) is 0 Å². The van der Waals surface area contributed by atoms with E-state index in [1.807, 2.05) is 30.9 Å². The number of oxime groups is 1. The number of piperidine rings is 1. The number of aromatic nitrogens is 3. The van der Waals surface area contributed by atoms with E-state index in [9.17, 15) is 0 Å². The van der Waals surface area contributed by atoms with E-state index in [-0.39, 0.29) is 6.10 Å². The summed E-state index contributed by atoms with van der Waals surface area (Å²) < 4.78 is 2.13. The molecule has 1 aromatic carbocycles. The average molecular weight is 311 g/mol. The molecule has 1 aromatic heterocycles. The summed E-state index contributed by atoms with van der Waals surface area (Å²) in [5.41, 5.74) is 2.23. The summed E-state index contributed by atoms with van der Waals surface area (Å²) in [6.07, 6.45) is 6.99.